The van der Waals surface area contributed by atoms with Crippen molar-refractivity contribution in [2.45, 2.75) is 40.2 Å². The van der Waals surface area contributed by atoms with Crippen LogP contribution in [0.25, 0.3) is 0 Å². The third-order valence-electron chi connectivity index (χ3n) is 3.21. The zero-order chi connectivity index (χ0) is 14.7. The lowest BCUT2D eigenvalue weighted by atomic mass is 10.1. The summed E-state index contributed by atoms with van der Waals surface area (Å²) >= 11 is 0. The molecule has 0 atom stereocenters. The highest BCUT2D eigenvalue weighted by atomic mass is 16.4. The zero-order valence-electron chi connectivity index (χ0n) is 12.4. The molecule has 0 bridgehead atoms. The molecule has 0 saturated heterocycles. The Hall–Kier alpha value is -2.10. The molecule has 0 unspecified atom stereocenters. The van der Waals surface area contributed by atoms with Gasteiger partial charge in [-0.3, -0.25) is 4.79 Å². The van der Waals surface area contributed by atoms with E-state index in [-0.39, 0.29) is 11.8 Å². The van der Waals surface area contributed by atoms with Crippen molar-refractivity contribution in [2.75, 3.05) is 0 Å². The second kappa shape index (κ2) is 5.90. The summed E-state index contributed by atoms with van der Waals surface area (Å²) in [7, 11) is 0. The van der Waals surface area contributed by atoms with Gasteiger partial charge in [0.1, 0.15) is 0 Å². The number of hydrogen-bond donors (Lipinski definition) is 1. The van der Waals surface area contributed by atoms with Crippen LogP contribution in [-0.2, 0) is 6.54 Å². The summed E-state index contributed by atoms with van der Waals surface area (Å²) in [5, 5.41) is 2.89. The summed E-state index contributed by atoms with van der Waals surface area (Å²) in [6.07, 6.45) is 0. The average Bonchev–Trinajstić information content (AvgIpc) is 2.80. The number of aromatic nitrogens is 1. The van der Waals surface area contributed by atoms with E-state index in [4.69, 9.17) is 4.42 Å². The van der Waals surface area contributed by atoms with Crippen LogP contribution in [0.15, 0.2) is 28.7 Å². The summed E-state index contributed by atoms with van der Waals surface area (Å²) < 4.78 is 5.43. The summed E-state index contributed by atoms with van der Waals surface area (Å²) in [6, 6.07) is 7.98. The van der Waals surface area contributed by atoms with Crippen LogP contribution < -0.4 is 5.32 Å². The van der Waals surface area contributed by atoms with E-state index in [1.165, 1.54) is 0 Å². The number of nitrogens with zero attached hydrogens (tertiary/aromatic N) is 1. The lowest BCUT2D eigenvalue weighted by Crippen LogP contribution is -2.24. The molecule has 1 heterocycles. The van der Waals surface area contributed by atoms with Crippen molar-refractivity contribution in [1.29, 1.82) is 0 Å². The summed E-state index contributed by atoms with van der Waals surface area (Å²) in [5.74, 6) is 0.796. The molecule has 0 radical (unpaired) electrons. The molecular weight excluding hydrogens is 252 g/mol. The molecule has 0 aliphatic rings. The third kappa shape index (κ3) is 3.07. The van der Waals surface area contributed by atoms with E-state index >= 15 is 0 Å². The Kier molecular flexibility index (Phi) is 4.23. The minimum Gasteiger partial charge on any atom is -0.436 e. The number of oxazole rings is 1. The summed E-state index contributed by atoms with van der Waals surface area (Å²) in [6.45, 7) is 8.26. The Bertz CT molecular complexity index is 615. The molecule has 1 amide bonds. The first kappa shape index (κ1) is 14.3. The van der Waals surface area contributed by atoms with E-state index in [0.717, 1.165) is 11.1 Å². The summed E-state index contributed by atoms with van der Waals surface area (Å²) in [5.41, 5.74) is 2.97. The van der Waals surface area contributed by atoms with Gasteiger partial charge in [-0.25, -0.2) is 4.98 Å². The van der Waals surface area contributed by atoms with Crippen molar-refractivity contribution < 1.29 is 9.21 Å². The first-order chi connectivity index (χ1) is 9.49. The van der Waals surface area contributed by atoms with Gasteiger partial charge in [0.25, 0.3) is 5.91 Å². The Morgan fingerprint density at radius 2 is 2.00 bits per heavy atom. The Morgan fingerprint density at radius 3 is 2.65 bits per heavy atom. The number of aryl methyl sites for hydroxylation is 2. The topological polar surface area (TPSA) is 55.1 Å². The van der Waals surface area contributed by atoms with Crippen LogP contribution in [0.5, 0.6) is 0 Å². The molecule has 0 spiro atoms. The summed E-state index contributed by atoms with van der Waals surface area (Å²) in [4.78, 5) is 16.5. The monoisotopic (exact) mass is 272 g/mol. The molecule has 0 fully saturated rings. The molecule has 1 aromatic heterocycles. The predicted octanol–water partition coefficient (Wildman–Crippen LogP) is 3.34. The fourth-order valence-corrected chi connectivity index (χ4v) is 2.06. The number of carbonyl (C=O) groups is 1. The third-order valence-corrected chi connectivity index (χ3v) is 3.21. The van der Waals surface area contributed by atoms with Crippen LogP contribution in [0.4, 0.5) is 0 Å². The van der Waals surface area contributed by atoms with E-state index in [2.05, 4.69) is 10.3 Å². The molecule has 1 aromatic carbocycles. The van der Waals surface area contributed by atoms with Crippen molar-refractivity contribution in [1.82, 2.24) is 10.3 Å². The molecule has 0 aliphatic heterocycles. The average molecular weight is 272 g/mol. The Morgan fingerprint density at radius 1 is 1.30 bits per heavy atom. The number of amides is 1. The first-order valence-electron chi connectivity index (χ1n) is 6.79. The maximum absolute atomic E-state index is 12.2. The molecule has 4 nitrogen and oxygen atoms in total. The van der Waals surface area contributed by atoms with Gasteiger partial charge < -0.3 is 9.73 Å². The van der Waals surface area contributed by atoms with Crippen molar-refractivity contribution in [2.24, 2.45) is 0 Å². The molecular formula is C16H20N2O2. The van der Waals surface area contributed by atoms with Crippen molar-refractivity contribution in [3.63, 3.8) is 0 Å². The van der Waals surface area contributed by atoms with Crippen LogP contribution >= 0.6 is 0 Å². The minimum absolute atomic E-state index is 0.159. The van der Waals surface area contributed by atoms with Gasteiger partial charge in [0.2, 0.25) is 5.76 Å². The van der Waals surface area contributed by atoms with Gasteiger partial charge in [0.15, 0.2) is 5.89 Å². The molecule has 4 heteroatoms. The van der Waals surface area contributed by atoms with E-state index in [1.807, 2.05) is 45.0 Å². The van der Waals surface area contributed by atoms with Gasteiger partial charge in [-0.15, -0.1) is 0 Å². The van der Waals surface area contributed by atoms with E-state index in [1.54, 1.807) is 6.92 Å². The smallest absolute Gasteiger partial charge is 0.289 e. The van der Waals surface area contributed by atoms with Gasteiger partial charge >= 0.3 is 0 Å². The highest BCUT2D eigenvalue weighted by Crippen LogP contribution is 2.19. The first-order valence-corrected chi connectivity index (χ1v) is 6.79. The molecule has 1 N–H and O–H groups in total. The van der Waals surface area contributed by atoms with Crippen LogP contribution in [0, 0.1) is 13.8 Å². The largest absolute Gasteiger partial charge is 0.436 e. The Balaban J connectivity index is 2.11. The standard InChI is InChI=1S/C16H20N2O2/c1-10(2)14-15(20-12(4)18-14)16(19)17-9-13-8-6-5-7-11(13)3/h5-8,10H,9H2,1-4H3,(H,17,19). The second-order valence-electron chi connectivity index (χ2n) is 5.21. The maximum atomic E-state index is 12.2. The van der Waals surface area contributed by atoms with Crippen LogP contribution in [0.1, 0.15) is 53.0 Å². The fourth-order valence-electron chi connectivity index (χ4n) is 2.06. The molecule has 2 rings (SSSR count). The highest BCUT2D eigenvalue weighted by Gasteiger charge is 2.20. The van der Waals surface area contributed by atoms with Gasteiger partial charge in [0, 0.05) is 13.5 Å². The van der Waals surface area contributed by atoms with Crippen LogP contribution in [0.2, 0.25) is 0 Å². The van der Waals surface area contributed by atoms with E-state index in [9.17, 15) is 4.79 Å². The van der Waals surface area contributed by atoms with E-state index < -0.39 is 0 Å². The molecule has 106 valence electrons. The lowest BCUT2D eigenvalue weighted by molar-refractivity contribution is 0.0920. The molecule has 0 saturated carbocycles. The molecule has 2 aromatic rings. The lowest BCUT2D eigenvalue weighted by Gasteiger charge is -2.08. The van der Waals surface area contributed by atoms with Gasteiger partial charge in [-0.1, -0.05) is 38.1 Å². The fraction of sp³-hybridized carbons (Fsp3) is 0.375. The normalized spacial score (nSPS) is 10.8. The van der Waals surface area contributed by atoms with Gasteiger partial charge in [0.05, 0.1) is 5.69 Å². The van der Waals surface area contributed by atoms with E-state index in [0.29, 0.717) is 23.9 Å². The van der Waals surface area contributed by atoms with Gasteiger partial charge in [-0.05, 0) is 24.0 Å². The highest BCUT2D eigenvalue weighted by molar-refractivity contribution is 5.92. The quantitative estimate of drug-likeness (QED) is 0.928. The van der Waals surface area contributed by atoms with Crippen molar-refractivity contribution >= 4 is 5.91 Å². The van der Waals surface area contributed by atoms with Gasteiger partial charge in [-0.2, -0.15) is 0 Å². The predicted molar refractivity (Wildman–Crippen MR) is 77.7 cm³/mol. The maximum Gasteiger partial charge on any atom is 0.289 e. The number of hydrogen-bond acceptors (Lipinski definition) is 3. The molecule has 0 aliphatic carbocycles. The number of benzene rings is 1. The SMILES string of the molecule is Cc1nc(C(C)C)c(C(=O)NCc2ccccc2C)o1. The number of nitrogens with one attached hydrogen (secondary N) is 1. The Labute approximate surface area is 119 Å². The van der Waals surface area contributed by atoms with Crippen LogP contribution in [0.3, 0.4) is 0 Å². The number of carbonyl (C=O) groups excluding carboxylic acids is 1. The van der Waals surface area contributed by atoms with Crippen molar-refractivity contribution in [3.05, 3.63) is 52.7 Å². The zero-order valence-corrected chi connectivity index (χ0v) is 12.4. The van der Waals surface area contributed by atoms with Crippen molar-refractivity contribution in [3.8, 4) is 0 Å². The second-order valence-corrected chi connectivity index (χ2v) is 5.21. The molecule has 20 heavy (non-hydrogen) atoms. The minimum atomic E-state index is -0.211. The number of rotatable bonds is 4. The van der Waals surface area contributed by atoms with Crippen LogP contribution in [-0.4, -0.2) is 10.9 Å².